The highest BCUT2D eigenvalue weighted by Gasteiger charge is 2.38. The first-order valence-corrected chi connectivity index (χ1v) is 14.3. The summed E-state index contributed by atoms with van der Waals surface area (Å²) in [7, 11) is 3.31. The van der Waals surface area contributed by atoms with E-state index < -0.39 is 12.1 Å². The molecule has 0 aliphatic carbocycles. The number of nitrogens with zero attached hydrogens (tertiary/aromatic N) is 4. The standard InChI is InChI=1S/C29H34N6O4.C2HF3O2/c1-37-15-16-39-26-6-4-3-5-23(26)25-10-8-22-18-31-29(33-35(22)25)32-24-9-7-21(17-27(24)38-2)20-11-13-34(14-12-20)19-28(30)36;3-2(4,5)1(6)7/h3-10,17-18,20H,11-16,19H2,1-2H3,(H2,30,36)(H,32,33);(H,6,7). The minimum Gasteiger partial charge on any atom is -0.495 e. The van der Waals surface area contributed by atoms with Gasteiger partial charge in [0.15, 0.2) is 0 Å². The maximum atomic E-state index is 11.2. The summed E-state index contributed by atoms with van der Waals surface area (Å²) < 4.78 is 50.4. The van der Waals surface area contributed by atoms with Gasteiger partial charge in [-0.1, -0.05) is 18.2 Å². The summed E-state index contributed by atoms with van der Waals surface area (Å²) in [6.45, 7) is 2.99. The zero-order valence-electron chi connectivity index (χ0n) is 25.3. The van der Waals surface area contributed by atoms with Crippen molar-refractivity contribution in [1.82, 2.24) is 19.5 Å². The van der Waals surface area contributed by atoms with Crippen LogP contribution < -0.4 is 20.5 Å². The minimum atomic E-state index is -5.08. The Labute approximate surface area is 262 Å². The summed E-state index contributed by atoms with van der Waals surface area (Å²) in [5.41, 5.74) is 10.0. The van der Waals surface area contributed by atoms with Crippen molar-refractivity contribution in [3.63, 3.8) is 0 Å². The number of rotatable bonds is 11. The van der Waals surface area contributed by atoms with Crippen molar-refractivity contribution in [2.75, 3.05) is 52.4 Å². The van der Waals surface area contributed by atoms with Crippen LogP contribution in [-0.2, 0) is 14.3 Å². The van der Waals surface area contributed by atoms with Gasteiger partial charge in [0.2, 0.25) is 11.9 Å². The number of nitrogens with two attached hydrogens (primary N) is 1. The normalized spacial score (nSPS) is 13.9. The first-order valence-electron chi connectivity index (χ1n) is 14.3. The second-order valence-corrected chi connectivity index (χ2v) is 10.4. The number of carboxylic acid groups (broad SMARTS) is 1. The molecule has 1 aliphatic rings. The lowest BCUT2D eigenvalue weighted by molar-refractivity contribution is -0.192. The molecule has 1 aliphatic heterocycles. The molecule has 5 rings (SSSR count). The van der Waals surface area contributed by atoms with Crippen LogP contribution in [0.4, 0.5) is 24.8 Å². The van der Waals surface area contributed by atoms with E-state index in [4.69, 9.17) is 34.9 Å². The van der Waals surface area contributed by atoms with E-state index in [9.17, 15) is 18.0 Å². The molecule has 0 unspecified atom stereocenters. The number of alkyl halides is 3. The van der Waals surface area contributed by atoms with E-state index in [-0.39, 0.29) is 5.91 Å². The molecule has 4 aromatic rings. The zero-order valence-corrected chi connectivity index (χ0v) is 25.3. The summed E-state index contributed by atoms with van der Waals surface area (Å²) in [6, 6.07) is 18.1. The van der Waals surface area contributed by atoms with E-state index in [2.05, 4.69) is 27.3 Å². The molecule has 2 aromatic carbocycles. The smallest absolute Gasteiger partial charge is 0.490 e. The number of likely N-dealkylation sites (tertiary alicyclic amines) is 1. The van der Waals surface area contributed by atoms with E-state index in [0.29, 0.717) is 31.6 Å². The molecule has 2 aromatic heterocycles. The number of methoxy groups -OCH3 is 2. The summed E-state index contributed by atoms with van der Waals surface area (Å²) in [4.78, 5) is 26.8. The average molecular weight is 645 g/mol. The second kappa shape index (κ2) is 15.4. The molecule has 1 saturated heterocycles. The number of aliphatic carboxylic acids is 1. The van der Waals surface area contributed by atoms with E-state index in [0.717, 1.165) is 59.9 Å². The number of carboxylic acids is 1. The van der Waals surface area contributed by atoms with Gasteiger partial charge in [-0.2, -0.15) is 13.2 Å². The van der Waals surface area contributed by atoms with Gasteiger partial charge in [-0.15, -0.1) is 5.10 Å². The fourth-order valence-electron chi connectivity index (χ4n) is 5.03. The number of carbonyl (C=O) groups is 2. The number of ether oxygens (including phenoxy) is 3. The third kappa shape index (κ3) is 8.85. The zero-order chi connectivity index (χ0) is 33.3. The van der Waals surface area contributed by atoms with Crippen LogP contribution in [-0.4, -0.2) is 89.7 Å². The quantitative estimate of drug-likeness (QED) is 0.199. The minimum absolute atomic E-state index is 0.280. The van der Waals surface area contributed by atoms with E-state index in [1.807, 2.05) is 47.0 Å². The molecular formula is C31H35F3N6O6. The van der Waals surface area contributed by atoms with Gasteiger partial charge in [0.05, 0.1) is 43.4 Å². The molecular weight excluding hydrogens is 609 g/mol. The van der Waals surface area contributed by atoms with E-state index >= 15 is 0 Å². The lowest BCUT2D eigenvalue weighted by Crippen LogP contribution is -2.39. The molecule has 0 spiro atoms. The summed E-state index contributed by atoms with van der Waals surface area (Å²) in [5.74, 6) is -0.701. The molecule has 4 N–H and O–H groups in total. The van der Waals surface area contributed by atoms with Gasteiger partial charge in [-0.05, 0) is 73.8 Å². The number of anilines is 2. The SMILES string of the molecule is COCCOc1ccccc1-c1ccc2cnc(Nc3ccc(C4CCN(CC(N)=O)CC4)cc3OC)nn12.O=C(O)C(F)(F)F. The van der Waals surface area contributed by atoms with Crippen molar-refractivity contribution in [3.05, 3.63) is 66.4 Å². The summed E-state index contributed by atoms with van der Waals surface area (Å²) in [5, 5.41) is 15.2. The molecule has 12 nitrogen and oxygen atoms in total. The van der Waals surface area contributed by atoms with Crippen LogP contribution in [0.5, 0.6) is 11.5 Å². The Bertz CT molecular complexity index is 1640. The van der Waals surface area contributed by atoms with Crippen LogP contribution in [0.2, 0.25) is 0 Å². The number of nitrogens with one attached hydrogen (secondary N) is 1. The molecule has 0 radical (unpaired) electrons. The first kappa shape index (κ1) is 34.0. The van der Waals surface area contributed by atoms with Gasteiger partial charge in [0.1, 0.15) is 18.1 Å². The fraction of sp³-hybridized carbons (Fsp3) is 0.355. The van der Waals surface area contributed by atoms with Crippen molar-refractivity contribution in [3.8, 4) is 22.8 Å². The highest BCUT2D eigenvalue weighted by molar-refractivity contribution is 5.76. The predicted molar refractivity (Wildman–Crippen MR) is 163 cm³/mol. The third-order valence-corrected chi connectivity index (χ3v) is 7.26. The molecule has 0 bridgehead atoms. The van der Waals surface area contributed by atoms with Crippen molar-refractivity contribution in [2.45, 2.75) is 24.9 Å². The Hall–Kier alpha value is -4.89. The van der Waals surface area contributed by atoms with Crippen LogP contribution >= 0.6 is 0 Å². The van der Waals surface area contributed by atoms with Gasteiger partial charge in [-0.3, -0.25) is 9.69 Å². The molecule has 3 heterocycles. The number of primary amides is 1. The summed E-state index contributed by atoms with van der Waals surface area (Å²) in [6.07, 6.45) is -1.36. The Kier molecular flexibility index (Phi) is 11.4. The molecule has 46 heavy (non-hydrogen) atoms. The maximum absolute atomic E-state index is 11.2. The van der Waals surface area contributed by atoms with Crippen LogP contribution in [0.3, 0.4) is 0 Å². The number of hydrogen-bond donors (Lipinski definition) is 3. The monoisotopic (exact) mass is 644 g/mol. The van der Waals surface area contributed by atoms with Crippen molar-refractivity contribution < 1.29 is 42.1 Å². The Morgan fingerprint density at radius 2 is 1.76 bits per heavy atom. The molecule has 0 saturated carbocycles. The lowest BCUT2D eigenvalue weighted by atomic mass is 9.89. The van der Waals surface area contributed by atoms with Crippen LogP contribution in [0.1, 0.15) is 24.3 Å². The van der Waals surface area contributed by atoms with Gasteiger partial charge >= 0.3 is 12.1 Å². The second-order valence-electron chi connectivity index (χ2n) is 10.4. The molecule has 1 amide bonds. The highest BCUT2D eigenvalue weighted by atomic mass is 19.4. The number of benzene rings is 2. The van der Waals surface area contributed by atoms with Crippen LogP contribution in [0, 0.1) is 0 Å². The Morgan fingerprint density at radius 1 is 1.04 bits per heavy atom. The fourth-order valence-corrected chi connectivity index (χ4v) is 5.03. The molecule has 15 heteroatoms. The lowest BCUT2D eigenvalue weighted by Gasteiger charge is -2.31. The van der Waals surface area contributed by atoms with Crippen molar-refractivity contribution in [1.29, 1.82) is 0 Å². The number of hydrogen-bond acceptors (Lipinski definition) is 9. The number of para-hydroxylation sites is 1. The molecule has 0 atom stereocenters. The largest absolute Gasteiger partial charge is 0.495 e. The van der Waals surface area contributed by atoms with Gasteiger partial charge in [0.25, 0.3) is 0 Å². The van der Waals surface area contributed by atoms with Gasteiger partial charge in [0, 0.05) is 12.7 Å². The van der Waals surface area contributed by atoms with E-state index in [1.165, 1.54) is 5.56 Å². The van der Waals surface area contributed by atoms with Crippen molar-refractivity contribution >= 4 is 29.0 Å². The Morgan fingerprint density at radius 3 is 2.41 bits per heavy atom. The number of fused-ring (bicyclic) bond motifs is 1. The Balaban J connectivity index is 0.000000617. The number of carbonyl (C=O) groups excluding carboxylic acids is 1. The van der Waals surface area contributed by atoms with E-state index in [1.54, 1.807) is 20.4 Å². The van der Waals surface area contributed by atoms with Gasteiger partial charge in [-0.25, -0.2) is 14.3 Å². The van der Waals surface area contributed by atoms with Crippen molar-refractivity contribution in [2.24, 2.45) is 5.73 Å². The topological polar surface area (TPSA) is 154 Å². The number of piperidine rings is 1. The number of aromatic nitrogens is 3. The number of halogens is 3. The molecule has 246 valence electrons. The third-order valence-electron chi connectivity index (χ3n) is 7.26. The predicted octanol–water partition coefficient (Wildman–Crippen LogP) is 4.47. The molecule has 1 fully saturated rings. The van der Waals surface area contributed by atoms with Crippen LogP contribution in [0.25, 0.3) is 16.8 Å². The highest BCUT2D eigenvalue weighted by Crippen LogP contribution is 2.35. The number of amides is 1. The van der Waals surface area contributed by atoms with Gasteiger partial charge < -0.3 is 30.4 Å². The summed E-state index contributed by atoms with van der Waals surface area (Å²) >= 11 is 0. The van der Waals surface area contributed by atoms with Crippen LogP contribution in [0.15, 0.2) is 60.8 Å². The average Bonchev–Trinajstić information content (AvgIpc) is 3.45. The first-order chi connectivity index (χ1) is 22.0. The maximum Gasteiger partial charge on any atom is 0.490 e.